The molecule has 17 heavy (non-hydrogen) atoms. The van der Waals surface area contributed by atoms with Crippen molar-refractivity contribution >= 4 is 23.3 Å². The minimum absolute atomic E-state index is 0.0231. The minimum Gasteiger partial charge on any atom is -0.755 e. The van der Waals surface area contributed by atoms with Gasteiger partial charge < -0.3 is 14.6 Å². The van der Waals surface area contributed by atoms with Gasteiger partial charge in [0, 0.05) is 31.3 Å². The quantitative estimate of drug-likeness (QED) is 0.730. The van der Waals surface area contributed by atoms with Gasteiger partial charge in [0.1, 0.15) is 5.60 Å². The van der Waals surface area contributed by atoms with Crippen LogP contribution in [0.2, 0.25) is 0 Å². The Morgan fingerprint density at radius 3 is 2.35 bits per heavy atom. The fraction of sp³-hybridized carbons (Fsp3) is 0.778. The summed E-state index contributed by atoms with van der Waals surface area (Å²) in [6, 6.07) is 0. The average Bonchev–Trinajstić information content (AvgIpc) is 2.13. The van der Waals surface area contributed by atoms with Crippen molar-refractivity contribution in [3.8, 4) is 0 Å². The molecule has 1 atom stereocenters. The van der Waals surface area contributed by atoms with Crippen molar-refractivity contribution in [1.29, 1.82) is 0 Å². The van der Waals surface area contributed by atoms with Gasteiger partial charge in [0.25, 0.3) is 0 Å². The molecule has 0 aliphatic heterocycles. The summed E-state index contributed by atoms with van der Waals surface area (Å²) in [4.78, 5) is 22.4. The van der Waals surface area contributed by atoms with Crippen molar-refractivity contribution in [2.45, 2.75) is 32.8 Å². The maximum atomic E-state index is 11.2. The number of alkyl carbamates (subject to hydrolysis) is 1. The fourth-order valence-electron chi connectivity index (χ4n) is 0.826. The summed E-state index contributed by atoms with van der Waals surface area (Å²) in [5.74, 6) is -0.602. The van der Waals surface area contributed by atoms with E-state index < -0.39 is 28.9 Å². The Morgan fingerprint density at radius 2 is 1.94 bits per heavy atom. The Morgan fingerprint density at radius 1 is 1.41 bits per heavy atom. The maximum Gasteiger partial charge on any atom is 0.407 e. The summed E-state index contributed by atoms with van der Waals surface area (Å²) in [5, 5.41) is 2.35. The molecule has 0 heterocycles. The predicted octanol–water partition coefficient (Wildman–Crippen LogP) is 0.154. The Kier molecular flexibility index (Phi) is 6.11. The van der Waals surface area contributed by atoms with E-state index in [-0.39, 0.29) is 13.0 Å². The zero-order chi connectivity index (χ0) is 13.6. The topological polar surface area (TPSA) is 98.8 Å². The lowest BCUT2D eigenvalue weighted by atomic mass is 10.2. The van der Waals surface area contributed by atoms with E-state index in [4.69, 9.17) is 4.74 Å². The molecule has 0 aliphatic rings. The second-order valence-electron chi connectivity index (χ2n) is 4.29. The number of nitrogens with one attached hydrogen (secondary N) is 1. The van der Waals surface area contributed by atoms with Crippen molar-refractivity contribution < 1.29 is 23.1 Å². The number of ether oxygens (including phenoxy) is 1. The monoisotopic (exact) mass is 265 g/mol. The number of hydrogen-bond acceptors (Lipinski definition) is 5. The normalized spacial score (nSPS) is 12.8. The zero-order valence-corrected chi connectivity index (χ0v) is 11.1. The lowest BCUT2D eigenvalue weighted by Gasteiger charge is -2.21. The highest BCUT2D eigenvalue weighted by atomic mass is 32.2. The molecule has 100 valence electrons. The molecule has 8 heteroatoms. The van der Waals surface area contributed by atoms with E-state index in [9.17, 15) is 18.4 Å². The summed E-state index contributed by atoms with van der Waals surface area (Å²) in [6.07, 6.45) is -0.750. The van der Waals surface area contributed by atoms with Gasteiger partial charge in [-0.2, -0.15) is 0 Å². The van der Waals surface area contributed by atoms with Gasteiger partial charge in [-0.3, -0.25) is 13.3 Å². The molecule has 7 nitrogen and oxygen atoms in total. The van der Waals surface area contributed by atoms with Crippen molar-refractivity contribution in [3.63, 3.8) is 0 Å². The Hall–Kier alpha value is -1.15. The number of nitrogens with zero attached hydrogens (tertiary/aromatic N) is 1. The number of amides is 2. The Labute approximate surface area is 103 Å². The van der Waals surface area contributed by atoms with E-state index in [0.717, 1.165) is 7.05 Å². The first kappa shape index (κ1) is 15.9. The molecule has 0 saturated carbocycles. The molecule has 0 aromatic rings. The first-order valence-electron chi connectivity index (χ1n) is 4.96. The lowest BCUT2D eigenvalue weighted by molar-refractivity contribution is -0.125. The van der Waals surface area contributed by atoms with Gasteiger partial charge in [-0.05, 0) is 20.8 Å². The van der Waals surface area contributed by atoms with Crippen molar-refractivity contribution in [1.82, 2.24) is 9.62 Å². The third kappa shape index (κ3) is 7.70. The van der Waals surface area contributed by atoms with E-state index in [0.29, 0.717) is 4.31 Å². The molecule has 1 N–H and O–H groups in total. The standard InChI is InChI=1S/C9H18N2O5S/c1-9(2,3)16-8(13)10-6-5-7(12)11(4)17(14)15/h5-6H2,1-4H3,(H,10,13)(H,14,15)/p-1. The number of carbonyl (C=O) groups is 2. The van der Waals surface area contributed by atoms with Crippen LogP contribution in [0.3, 0.4) is 0 Å². The van der Waals surface area contributed by atoms with Crippen molar-refractivity contribution in [2.75, 3.05) is 13.6 Å². The predicted molar refractivity (Wildman–Crippen MR) is 60.5 cm³/mol. The molecule has 0 rings (SSSR count). The van der Waals surface area contributed by atoms with Crippen LogP contribution in [0, 0.1) is 0 Å². The SMILES string of the molecule is CN(C(=O)CCNC(=O)OC(C)(C)C)S(=O)[O-]. The second kappa shape index (κ2) is 6.55. The Bertz CT molecular complexity index is 313. The third-order valence-electron chi connectivity index (χ3n) is 1.58. The molecule has 0 spiro atoms. The van der Waals surface area contributed by atoms with E-state index in [1.807, 2.05) is 0 Å². The van der Waals surface area contributed by atoms with Crippen LogP contribution in [0.4, 0.5) is 4.79 Å². The second-order valence-corrected chi connectivity index (χ2v) is 5.27. The van der Waals surface area contributed by atoms with Gasteiger partial charge in [-0.25, -0.2) is 4.79 Å². The van der Waals surface area contributed by atoms with Gasteiger partial charge >= 0.3 is 6.09 Å². The average molecular weight is 265 g/mol. The molecule has 0 aliphatic carbocycles. The molecule has 0 fully saturated rings. The summed E-state index contributed by atoms with van der Waals surface area (Å²) >= 11 is -2.58. The van der Waals surface area contributed by atoms with Crippen LogP contribution in [0.5, 0.6) is 0 Å². The van der Waals surface area contributed by atoms with Crippen LogP contribution in [0.1, 0.15) is 27.2 Å². The van der Waals surface area contributed by atoms with Gasteiger partial charge in [0.15, 0.2) is 0 Å². The van der Waals surface area contributed by atoms with E-state index in [1.54, 1.807) is 20.8 Å². The summed E-state index contributed by atoms with van der Waals surface area (Å²) < 4.78 is 26.3. The van der Waals surface area contributed by atoms with Crippen LogP contribution < -0.4 is 5.32 Å². The van der Waals surface area contributed by atoms with Gasteiger partial charge in [0.05, 0.1) is 0 Å². The molecular formula is C9H17N2O5S-. The third-order valence-corrected chi connectivity index (χ3v) is 2.23. The van der Waals surface area contributed by atoms with Crippen LogP contribution >= 0.6 is 0 Å². The van der Waals surface area contributed by atoms with Crippen LogP contribution in [-0.4, -0.2) is 44.3 Å². The number of rotatable bonds is 4. The zero-order valence-electron chi connectivity index (χ0n) is 10.3. The van der Waals surface area contributed by atoms with E-state index >= 15 is 0 Å². The van der Waals surface area contributed by atoms with E-state index in [2.05, 4.69) is 5.32 Å². The molecule has 1 unspecified atom stereocenters. The number of carbonyl (C=O) groups excluding carboxylic acids is 2. The lowest BCUT2D eigenvalue weighted by Crippen LogP contribution is -2.36. The van der Waals surface area contributed by atoms with E-state index in [1.165, 1.54) is 0 Å². The summed E-state index contributed by atoms with van der Waals surface area (Å²) in [6.45, 7) is 5.17. The Balaban J connectivity index is 3.89. The maximum absolute atomic E-state index is 11.2. The highest BCUT2D eigenvalue weighted by Crippen LogP contribution is 2.06. The van der Waals surface area contributed by atoms with Crippen LogP contribution in [-0.2, 0) is 20.8 Å². The summed E-state index contributed by atoms with van der Waals surface area (Å²) in [7, 11) is 1.14. The highest BCUT2D eigenvalue weighted by molar-refractivity contribution is 7.77. The van der Waals surface area contributed by atoms with Crippen molar-refractivity contribution in [2.24, 2.45) is 0 Å². The molecule has 0 aromatic carbocycles. The largest absolute Gasteiger partial charge is 0.755 e. The van der Waals surface area contributed by atoms with Crippen molar-refractivity contribution in [3.05, 3.63) is 0 Å². The first-order valence-corrected chi connectivity index (χ1v) is 5.99. The molecule has 0 radical (unpaired) electrons. The van der Waals surface area contributed by atoms with Gasteiger partial charge in [-0.15, -0.1) is 0 Å². The smallest absolute Gasteiger partial charge is 0.407 e. The minimum atomic E-state index is -2.58. The highest BCUT2D eigenvalue weighted by Gasteiger charge is 2.16. The molecule has 0 bridgehead atoms. The van der Waals surface area contributed by atoms with Gasteiger partial charge in [-0.1, -0.05) is 0 Å². The molecule has 0 aromatic heterocycles. The molecule has 0 saturated heterocycles. The number of hydrogen-bond donors (Lipinski definition) is 1. The van der Waals surface area contributed by atoms with Gasteiger partial charge in [0.2, 0.25) is 5.91 Å². The van der Waals surface area contributed by atoms with Crippen LogP contribution in [0.25, 0.3) is 0 Å². The first-order chi connectivity index (χ1) is 7.63. The summed E-state index contributed by atoms with van der Waals surface area (Å²) in [5.41, 5.74) is -0.610. The molecule has 2 amide bonds. The molecular weight excluding hydrogens is 248 g/mol. The van der Waals surface area contributed by atoms with Crippen LogP contribution in [0.15, 0.2) is 0 Å². The fourth-order valence-corrected chi connectivity index (χ4v) is 1.08.